The Morgan fingerprint density at radius 3 is 2.23 bits per heavy atom. The molecule has 0 bridgehead atoms. The lowest BCUT2D eigenvalue weighted by Gasteiger charge is -2.22. The minimum Gasteiger partial charge on any atom is -0.359 e. The van der Waals surface area contributed by atoms with Gasteiger partial charge in [0.2, 0.25) is 0 Å². The fourth-order valence-corrected chi connectivity index (χ4v) is 4.68. The largest absolute Gasteiger partial charge is 0.359 e. The number of anilines is 2. The Balaban J connectivity index is 1.76. The van der Waals surface area contributed by atoms with E-state index in [9.17, 15) is 4.79 Å². The van der Waals surface area contributed by atoms with E-state index in [0.717, 1.165) is 27.6 Å². The number of rotatable bonds is 6. The molecule has 31 heavy (non-hydrogen) atoms. The Morgan fingerprint density at radius 1 is 0.871 bits per heavy atom. The zero-order valence-corrected chi connectivity index (χ0v) is 18.7. The lowest BCUT2D eigenvalue weighted by Crippen LogP contribution is -2.18. The quantitative estimate of drug-likeness (QED) is 0.368. The number of aryl methyl sites for hydroxylation is 2. The molecule has 2 aromatic heterocycles. The maximum Gasteiger partial charge on any atom is 0.256 e. The average molecular weight is 428 g/mol. The van der Waals surface area contributed by atoms with Crippen molar-refractivity contribution in [3.63, 3.8) is 0 Å². The number of nitrogens with one attached hydrogen (secondary N) is 2. The van der Waals surface area contributed by atoms with E-state index in [0.29, 0.717) is 5.56 Å². The van der Waals surface area contributed by atoms with E-state index in [1.54, 1.807) is 11.3 Å². The second-order valence-electron chi connectivity index (χ2n) is 7.50. The first-order valence-corrected chi connectivity index (χ1v) is 11.1. The monoisotopic (exact) mass is 427 g/mol. The highest BCUT2D eigenvalue weighted by Crippen LogP contribution is 2.41. The summed E-state index contributed by atoms with van der Waals surface area (Å²) in [5.41, 5.74) is 4.94. The molecule has 4 rings (SSSR count). The number of carbonyl (C=O) groups excluding carboxylic acids is 1. The Morgan fingerprint density at radius 2 is 1.55 bits per heavy atom. The summed E-state index contributed by atoms with van der Waals surface area (Å²) in [5.74, 6) is 0.695. The summed E-state index contributed by atoms with van der Waals surface area (Å²) in [6.45, 7) is 6.18. The minimum atomic E-state index is -0.147. The highest BCUT2D eigenvalue weighted by molar-refractivity contribution is 7.16. The Hall–Kier alpha value is -3.44. The molecular formula is C26H25N3OS. The number of nitrogens with zero attached hydrogens (tertiary/aromatic N) is 1. The third-order valence-electron chi connectivity index (χ3n) is 5.30. The molecule has 0 radical (unpaired) electrons. The van der Waals surface area contributed by atoms with E-state index >= 15 is 0 Å². The van der Waals surface area contributed by atoms with Crippen LogP contribution in [0.25, 0.3) is 0 Å². The predicted molar refractivity (Wildman–Crippen MR) is 129 cm³/mol. The smallest absolute Gasteiger partial charge is 0.256 e. The zero-order chi connectivity index (χ0) is 21.8. The first-order chi connectivity index (χ1) is 15.0. The number of benzene rings is 2. The molecule has 4 aromatic rings. The van der Waals surface area contributed by atoms with Crippen molar-refractivity contribution in [2.45, 2.75) is 26.8 Å². The van der Waals surface area contributed by atoms with Crippen LogP contribution >= 0.6 is 11.3 Å². The zero-order valence-electron chi connectivity index (χ0n) is 17.8. The van der Waals surface area contributed by atoms with Gasteiger partial charge in [-0.1, -0.05) is 54.6 Å². The molecule has 2 heterocycles. The molecule has 156 valence electrons. The normalized spacial score (nSPS) is 11.7. The highest BCUT2D eigenvalue weighted by atomic mass is 32.1. The van der Waals surface area contributed by atoms with Crippen molar-refractivity contribution in [2.24, 2.45) is 0 Å². The van der Waals surface area contributed by atoms with Crippen LogP contribution in [0.2, 0.25) is 0 Å². The number of hydrogen-bond acceptors (Lipinski definition) is 4. The molecule has 1 unspecified atom stereocenters. The lowest BCUT2D eigenvalue weighted by atomic mass is 9.96. The number of amides is 1. The molecule has 0 saturated heterocycles. The molecule has 0 fully saturated rings. The Kier molecular flexibility index (Phi) is 6.14. The first kappa shape index (κ1) is 20.8. The average Bonchev–Trinajstić information content (AvgIpc) is 3.06. The summed E-state index contributed by atoms with van der Waals surface area (Å²) in [7, 11) is 0. The molecule has 0 aliphatic rings. The van der Waals surface area contributed by atoms with Crippen molar-refractivity contribution in [1.29, 1.82) is 0 Å². The van der Waals surface area contributed by atoms with Gasteiger partial charge in [-0.15, -0.1) is 11.3 Å². The summed E-state index contributed by atoms with van der Waals surface area (Å²) < 4.78 is 0. The molecule has 0 aliphatic heterocycles. The summed E-state index contributed by atoms with van der Waals surface area (Å²) in [6.07, 6.45) is 0. The predicted octanol–water partition coefficient (Wildman–Crippen LogP) is 6.52. The fraction of sp³-hybridized carbons (Fsp3) is 0.154. The molecule has 0 aliphatic carbocycles. The van der Waals surface area contributed by atoms with Crippen LogP contribution < -0.4 is 10.6 Å². The molecule has 2 aromatic carbocycles. The molecular weight excluding hydrogens is 402 g/mol. The van der Waals surface area contributed by atoms with Gasteiger partial charge in [-0.05, 0) is 56.2 Å². The summed E-state index contributed by atoms with van der Waals surface area (Å²) in [4.78, 5) is 18.7. The second kappa shape index (κ2) is 9.14. The van der Waals surface area contributed by atoms with Gasteiger partial charge in [0.25, 0.3) is 5.91 Å². The highest BCUT2D eigenvalue weighted by Gasteiger charge is 2.25. The summed E-state index contributed by atoms with van der Waals surface area (Å²) >= 11 is 1.61. The molecule has 5 heteroatoms. The fourth-order valence-electron chi connectivity index (χ4n) is 3.59. The molecule has 4 nitrogen and oxygen atoms in total. The molecule has 1 atom stereocenters. The van der Waals surface area contributed by atoms with E-state index < -0.39 is 0 Å². The van der Waals surface area contributed by atoms with E-state index in [4.69, 9.17) is 0 Å². The number of thiophene rings is 1. The maximum atomic E-state index is 12.9. The third-order valence-corrected chi connectivity index (χ3v) is 6.44. The number of hydrogen-bond donors (Lipinski definition) is 2. The summed E-state index contributed by atoms with van der Waals surface area (Å²) in [5, 5.41) is 7.62. The van der Waals surface area contributed by atoms with Crippen LogP contribution in [0.1, 0.15) is 43.7 Å². The van der Waals surface area contributed by atoms with Crippen LogP contribution in [0.5, 0.6) is 0 Å². The van der Waals surface area contributed by atoms with Gasteiger partial charge in [0.05, 0.1) is 6.04 Å². The molecule has 0 saturated carbocycles. The molecule has 0 spiro atoms. The van der Waals surface area contributed by atoms with E-state index in [-0.39, 0.29) is 11.9 Å². The van der Waals surface area contributed by atoms with E-state index in [1.807, 2.05) is 73.7 Å². The van der Waals surface area contributed by atoms with Crippen LogP contribution in [0.15, 0.2) is 78.9 Å². The van der Waals surface area contributed by atoms with Crippen molar-refractivity contribution < 1.29 is 4.79 Å². The SMILES string of the molecule is Cc1cccc(NC(c2ccccc2)c2c(NC(=O)c3ccccc3)sc(C)c2C)n1. The van der Waals surface area contributed by atoms with Crippen molar-refractivity contribution in [2.75, 3.05) is 10.6 Å². The molecule has 1 amide bonds. The van der Waals surface area contributed by atoms with E-state index in [1.165, 1.54) is 10.4 Å². The van der Waals surface area contributed by atoms with Crippen molar-refractivity contribution in [3.8, 4) is 0 Å². The number of pyridine rings is 1. The van der Waals surface area contributed by atoms with Crippen molar-refractivity contribution >= 4 is 28.1 Å². The standard InChI is InChI=1S/C26H25N3OS/c1-17-11-10-16-22(27-17)28-24(20-12-6-4-7-13-20)23-18(2)19(3)31-26(23)29-25(30)21-14-8-5-9-15-21/h4-16,24H,1-3H3,(H,27,28)(H,29,30). The van der Waals surface area contributed by atoms with Gasteiger partial charge in [-0.25, -0.2) is 4.98 Å². The van der Waals surface area contributed by atoms with Crippen molar-refractivity contribution in [1.82, 2.24) is 4.98 Å². The number of aromatic nitrogens is 1. The van der Waals surface area contributed by atoms with Crippen LogP contribution in [0.3, 0.4) is 0 Å². The van der Waals surface area contributed by atoms with Crippen LogP contribution in [0, 0.1) is 20.8 Å². The third kappa shape index (κ3) is 4.67. The maximum absolute atomic E-state index is 12.9. The Bertz CT molecular complexity index is 1190. The van der Waals surface area contributed by atoms with Gasteiger partial charge in [0, 0.05) is 21.7 Å². The Labute approximate surface area is 187 Å². The topological polar surface area (TPSA) is 54.0 Å². The minimum absolute atomic E-state index is 0.108. The van der Waals surface area contributed by atoms with Gasteiger partial charge in [0.15, 0.2) is 0 Å². The first-order valence-electron chi connectivity index (χ1n) is 10.2. The van der Waals surface area contributed by atoms with Gasteiger partial charge < -0.3 is 10.6 Å². The number of carbonyl (C=O) groups is 1. The van der Waals surface area contributed by atoms with Crippen LogP contribution in [-0.2, 0) is 0 Å². The van der Waals surface area contributed by atoms with Crippen LogP contribution in [-0.4, -0.2) is 10.9 Å². The van der Waals surface area contributed by atoms with Gasteiger partial charge >= 0.3 is 0 Å². The molecule has 2 N–H and O–H groups in total. The van der Waals surface area contributed by atoms with E-state index in [2.05, 4.69) is 41.6 Å². The van der Waals surface area contributed by atoms with Gasteiger partial charge in [0.1, 0.15) is 10.8 Å². The van der Waals surface area contributed by atoms with Crippen molar-refractivity contribution in [3.05, 3.63) is 112 Å². The lowest BCUT2D eigenvalue weighted by molar-refractivity contribution is 0.102. The second-order valence-corrected chi connectivity index (χ2v) is 8.72. The van der Waals surface area contributed by atoms with Gasteiger partial charge in [-0.2, -0.15) is 0 Å². The van der Waals surface area contributed by atoms with Gasteiger partial charge in [-0.3, -0.25) is 4.79 Å². The summed E-state index contributed by atoms with van der Waals surface area (Å²) in [6, 6.07) is 25.4. The van der Waals surface area contributed by atoms with Crippen LogP contribution in [0.4, 0.5) is 10.8 Å².